The summed E-state index contributed by atoms with van der Waals surface area (Å²) < 4.78 is 11.0. The van der Waals surface area contributed by atoms with Crippen molar-refractivity contribution in [3.8, 4) is 5.75 Å². The van der Waals surface area contributed by atoms with E-state index in [0.717, 1.165) is 18.4 Å². The number of benzene rings is 2. The molecule has 0 radical (unpaired) electrons. The monoisotopic (exact) mass is 435 g/mol. The summed E-state index contributed by atoms with van der Waals surface area (Å²) in [6.07, 6.45) is 5.01. The summed E-state index contributed by atoms with van der Waals surface area (Å²) in [4.78, 5) is 27.4. The molecule has 1 heterocycles. The molecule has 3 rings (SSSR count). The van der Waals surface area contributed by atoms with Crippen LogP contribution in [0, 0.1) is 0 Å². The lowest BCUT2D eigenvalue weighted by atomic mass is 9.95. The van der Waals surface area contributed by atoms with Crippen molar-refractivity contribution in [3.05, 3.63) is 83.1 Å². The number of aliphatic hydroxyl groups is 1. The van der Waals surface area contributed by atoms with Crippen molar-refractivity contribution in [2.75, 3.05) is 26.9 Å². The predicted molar refractivity (Wildman–Crippen MR) is 123 cm³/mol. The number of unbranched alkanes of at least 4 members (excludes halogenated alkanes) is 1. The molecule has 0 fully saturated rings. The predicted octanol–water partition coefficient (Wildman–Crippen LogP) is 4.49. The first-order valence-corrected chi connectivity index (χ1v) is 10.8. The number of ether oxygens (including phenoxy) is 2. The van der Waals surface area contributed by atoms with Crippen LogP contribution in [0.15, 0.2) is 72.0 Å². The number of nitrogens with zero attached hydrogens (tertiary/aromatic N) is 1. The molecule has 6 nitrogen and oxygen atoms in total. The molecule has 1 amide bonds. The highest BCUT2D eigenvalue weighted by Gasteiger charge is 2.42. The van der Waals surface area contributed by atoms with Crippen LogP contribution in [0.3, 0.4) is 0 Å². The molecule has 1 aliphatic heterocycles. The van der Waals surface area contributed by atoms with Crippen LogP contribution < -0.4 is 4.74 Å². The fourth-order valence-corrected chi connectivity index (χ4v) is 3.61. The number of hydrogen-bond donors (Lipinski definition) is 1. The number of methoxy groups -OCH3 is 1. The Morgan fingerprint density at radius 1 is 1.12 bits per heavy atom. The van der Waals surface area contributed by atoms with Gasteiger partial charge in [-0.05, 0) is 35.8 Å². The van der Waals surface area contributed by atoms with E-state index in [1.54, 1.807) is 13.2 Å². The molecule has 0 saturated carbocycles. The van der Waals surface area contributed by atoms with Gasteiger partial charge in [-0.1, -0.05) is 61.9 Å². The molecule has 1 aliphatic rings. The third-order valence-electron chi connectivity index (χ3n) is 5.27. The minimum Gasteiger partial charge on any atom is -0.503 e. The van der Waals surface area contributed by atoms with Gasteiger partial charge >= 0.3 is 0 Å². The maximum Gasteiger partial charge on any atom is 0.290 e. The van der Waals surface area contributed by atoms with Gasteiger partial charge in [-0.15, -0.1) is 0 Å². The molecule has 0 spiro atoms. The minimum atomic E-state index is -0.722. The van der Waals surface area contributed by atoms with E-state index in [9.17, 15) is 14.7 Å². The SMILES string of the molecule is CCCCOc1cccc(C2C(C(=O)/C=C/c3ccccc3)=C(O)C(=O)N2CCOC)c1. The Labute approximate surface area is 188 Å². The maximum atomic E-state index is 13.1. The molecule has 0 bridgehead atoms. The van der Waals surface area contributed by atoms with Gasteiger partial charge in [0.1, 0.15) is 5.75 Å². The average molecular weight is 436 g/mol. The number of hydrogen-bond acceptors (Lipinski definition) is 5. The summed E-state index contributed by atoms with van der Waals surface area (Å²) in [7, 11) is 1.54. The van der Waals surface area contributed by atoms with Gasteiger partial charge in [-0.25, -0.2) is 0 Å². The second-order valence-electron chi connectivity index (χ2n) is 7.54. The maximum absolute atomic E-state index is 13.1. The first-order chi connectivity index (χ1) is 15.6. The Morgan fingerprint density at radius 3 is 2.62 bits per heavy atom. The summed E-state index contributed by atoms with van der Waals surface area (Å²) in [6.45, 7) is 3.20. The molecule has 1 atom stereocenters. The summed E-state index contributed by atoms with van der Waals surface area (Å²) in [5, 5.41) is 10.6. The van der Waals surface area contributed by atoms with Gasteiger partial charge in [0.05, 0.1) is 24.8 Å². The van der Waals surface area contributed by atoms with E-state index >= 15 is 0 Å². The highest BCUT2D eigenvalue weighted by molar-refractivity contribution is 6.14. The zero-order chi connectivity index (χ0) is 22.9. The molecule has 168 valence electrons. The molecule has 2 aromatic rings. The van der Waals surface area contributed by atoms with E-state index in [0.29, 0.717) is 17.9 Å². The normalized spacial score (nSPS) is 16.2. The van der Waals surface area contributed by atoms with Crippen LogP contribution in [0.25, 0.3) is 6.08 Å². The van der Waals surface area contributed by atoms with Gasteiger partial charge in [0.2, 0.25) is 0 Å². The van der Waals surface area contributed by atoms with E-state index in [1.165, 1.54) is 11.0 Å². The van der Waals surface area contributed by atoms with Crippen LogP contribution in [-0.2, 0) is 14.3 Å². The molecule has 2 aromatic carbocycles. The molecule has 32 heavy (non-hydrogen) atoms. The lowest BCUT2D eigenvalue weighted by Gasteiger charge is -2.26. The Hall–Kier alpha value is -3.38. The van der Waals surface area contributed by atoms with E-state index in [4.69, 9.17) is 9.47 Å². The number of carbonyl (C=O) groups excluding carboxylic acids is 2. The lowest BCUT2D eigenvalue weighted by molar-refractivity contribution is -0.130. The second kappa shape index (κ2) is 11.3. The van der Waals surface area contributed by atoms with Gasteiger partial charge in [0.25, 0.3) is 5.91 Å². The number of allylic oxidation sites excluding steroid dienone is 1. The molecule has 1 N–H and O–H groups in total. The minimum absolute atomic E-state index is 0.0593. The van der Waals surface area contributed by atoms with Gasteiger partial charge in [-0.2, -0.15) is 0 Å². The van der Waals surface area contributed by atoms with Crippen molar-refractivity contribution in [2.24, 2.45) is 0 Å². The average Bonchev–Trinajstić information content (AvgIpc) is 3.07. The van der Waals surface area contributed by atoms with Crippen LogP contribution in [0.4, 0.5) is 0 Å². The zero-order valence-electron chi connectivity index (χ0n) is 18.5. The molecular formula is C26H29NO5. The van der Waals surface area contributed by atoms with E-state index in [-0.39, 0.29) is 18.7 Å². The van der Waals surface area contributed by atoms with Crippen LogP contribution in [0.1, 0.15) is 36.9 Å². The third-order valence-corrected chi connectivity index (χ3v) is 5.27. The summed E-state index contributed by atoms with van der Waals surface area (Å²) in [5.74, 6) is -0.859. The Morgan fingerprint density at radius 2 is 1.91 bits per heavy atom. The van der Waals surface area contributed by atoms with Crippen LogP contribution in [0.2, 0.25) is 0 Å². The summed E-state index contributed by atoms with van der Waals surface area (Å²) in [5.41, 5.74) is 1.61. The van der Waals surface area contributed by atoms with E-state index < -0.39 is 23.5 Å². The van der Waals surface area contributed by atoms with Crippen molar-refractivity contribution in [1.29, 1.82) is 0 Å². The summed E-state index contributed by atoms with van der Waals surface area (Å²) in [6, 6.07) is 16.0. The third kappa shape index (κ3) is 5.45. The number of rotatable bonds is 11. The number of ketones is 1. The van der Waals surface area contributed by atoms with Gasteiger partial charge < -0.3 is 19.5 Å². The first kappa shape index (κ1) is 23.3. The standard InChI is InChI=1S/C26H29NO5/c1-3-4-16-32-21-12-8-11-20(18-21)24-23(25(29)26(30)27(24)15-17-31-2)22(28)14-13-19-9-6-5-7-10-19/h5-14,18,24,29H,3-4,15-17H2,1-2H3/b14-13+. The van der Waals surface area contributed by atoms with Gasteiger partial charge in [-0.3, -0.25) is 9.59 Å². The van der Waals surface area contributed by atoms with Gasteiger partial charge in [0, 0.05) is 13.7 Å². The number of carbonyl (C=O) groups is 2. The largest absolute Gasteiger partial charge is 0.503 e. The lowest BCUT2D eigenvalue weighted by Crippen LogP contribution is -2.33. The molecule has 6 heteroatoms. The van der Waals surface area contributed by atoms with Crippen LogP contribution in [-0.4, -0.2) is 48.6 Å². The van der Waals surface area contributed by atoms with Crippen molar-refractivity contribution < 1.29 is 24.2 Å². The van der Waals surface area contributed by atoms with Crippen molar-refractivity contribution >= 4 is 17.8 Å². The van der Waals surface area contributed by atoms with Crippen molar-refractivity contribution in [3.63, 3.8) is 0 Å². The van der Waals surface area contributed by atoms with Crippen molar-refractivity contribution in [1.82, 2.24) is 4.90 Å². The fraction of sp³-hybridized carbons (Fsp3) is 0.308. The first-order valence-electron chi connectivity index (χ1n) is 10.8. The van der Waals surface area contributed by atoms with Crippen LogP contribution in [0.5, 0.6) is 5.75 Å². The van der Waals surface area contributed by atoms with E-state index in [1.807, 2.05) is 54.6 Å². The number of amides is 1. The van der Waals surface area contributed by atoms with Crippen LogP contribution >= 0.6 is 0 Å². The smallest absolute Gasteiger partial charge is 0.290 e. The molecule has 1 unspecified atom stereocenters. The molecular weight excluding hydrogens is 406 g/mol. The Bertz CT molecular complexity index is 996. The topological polar surface area (TPSA) is 76.1 Å². The highest BCUT2D eigenvalue weighted by Crippen LogP contribution is 2.38. The Balaban J connectivity index is 1.94. The fourth-order valence-electron chi connectivity index (χ4n) is 3.61. The quantitative estimate of drug-likeness (QED) is 0.416. The van der Waals surface area contributed by atoms with E-state index in [2.05, 4.69) is 6.92 Å². The van der Waals surface area contributed by atoms with Crippen molar-refractivity contribution in [2.45, 2.75) is 25.8 Å². The van der Waals surface area contributed by atoms with Gasteiger partial charge in [0.15, 0.2) is 11.5 Å². The number of aliphatic hydroxyl groups excluding tert-OH is 1. The molecule has 0 aromatic heterocycles. The molecule has 0 saturated heterocycles. The Kier molecular flexibility index (Phi) is 8.22. The zero-order valence-corrected chi connectivity index (χ0v) is 18.5. The second-order valence-corrected chi connectivity index (χ2v) is 7.54. The molecule has 0 aliphatic carbocycles. The summed E-state index contributed by atoms with van der Waals surface area (Å²) >= 11 is 0. The highest BCUT2D eigenvalue weighted by atomic mass is 16.5.